The van der Waals surface area contributed by atoms with Crippen molar-refractivity contribution in [3.8, 4) is 0 Å². The molecule has 112 valence electrons. The molecule has 0 bridgehead atoms. The van der Waals surface area contributed by atoms with E-state index in [9.17, 15) is 0 Å². The highest BCUT2D eigenvalue weighted by Crippen LogP contribution is 2.47. The Balaban J connectivity index is 1.84. The zero-order chi connectivity index (χ0) is 14.1. The summed E-state index contributed by atoms with van der Waals surface area (Å²) in [4.78, 5) is 0. The van der Waals surface area contributed by atoms with Crippen molar-refractivity contribution in [2.24, 2.45) is 10.8 Å². The van der Waals surface area contributed by atoms with Crippen molar-refractivity contribution in [2.45, 2.75) is 91.4 Å². The molecule has 0 aromatic heterocycles. The third-order valence-electron chi connectivity index (χ3n) is 5.84. The maximum Gasteiger partial charge on any atom is 0.0662 e. The van der Waals surface area contributed by atoms with Gasteiger partial charge in [-0.25, -0.2) is 0 Å². The average Bonchev–Trinajstić information content (AvgIpc) is 2.38. The van der Waals surface area contributed by atoms with E-state index < -0.39 is 0 Å². The predicted octanol–water partition coefficient (Wildman–Crippen LogP) is 4.14. The van der Waals surface area contributed by atoms with Gasteiger partial charge >= 0.3 is 0 Å². The van der Waals surface area contributed by atoms with Gasteiger partial charge in [0, 0.05) is 11.5 Å². The summed E-state index contributed by atoms with van der Waals surface area (Å²) in [6.07, 6.45) is 8.59. The van der Waals surface area contributed by atoms with Gasteiger partial charge in [-0.15, -0.1) is 0 Å². The molecule has 0 amide bonds. The van der Waals surface area contributed by atoms with Crippen LogP contribution in [0.2, 0.25) is 0 Å². The fourth-order valence-electron chi connectivity index (χ4n) is 3.81. The van der Waals surface area contributed by atoms with Crippen molar-refractivity contribution < 1.29 is 4.74 Å². The second-order valence-electron chi connectivity index (χ2n) is 7.69. The van der Waals surface area contributed by atoms with Crippen molar-refractivity contribution in [3.63, 3.8) is 0 Å². The van der Waals surface area contributed by atoms with Gasteiger partial charge in [0.1, 0.15) is 0 Å². The number of nitrogens with one attached hydrogen (secondary N) is 1. The van der Waals surface area contributed by atoms with Gasteiger partial charge in [0.05, 0.1) is 12.2 Å². The van der Waals surface area contributed by atoms with Crippen LogP contribution in [0.15, 0.2) is 0 Å². The molecule has 19 heavy (non-hydrogen) atoms. The van der Waals surface area contributed by atoms with E-state index in [1.807, 2.05) is 0 Å². The van der Waals surface area contributed by atoms with Crippen LogP contribution in [-0.4, -0.2) is 24.8 Å². The van der Waals surface area contributed by atoms with Gasteiger partial charge in [-0.05, 0) is 50.5 Å². The fourth-order valence-corrected chi connectivity index (χ4v) is 3.81. The van der Waals surface area contributed by atoms with E-state index in [1.165, 1.54) is 38.5 Å². The summed E-state index contributed by atoms with van der Waals surface area (Å²) < 4.78 is 6.46. The van der Waals surface area contributed by atoms with Crippen LogP contribution in [0, 0.1) is 10.8 Å². The van der Waals surface area contributed by atoms with Gasteiger partial charge < -0.3 is 10.1 Å². The SMILES string of the molecule is CCNC1CC(OC2CCC(C)(C)CC2)C1(C)CC. The Bertz CT molecular complexity index is 292. The highest BCUT2D eigenvalue weighted by molar-refractivity contribution is 5.05. The molecular formula is C17H33NO. The van der Waals surface area contributed by atoms with Crippen LogP contribution in [0.3, 0.4) is 0 Å². The molecule has 0 spiro atoms. The van der Waals surface area contributed by atoms with Gasteiger partial charge in [-0.2, -0.15) is 0 Å². The minimum absolute atomic E-state index is 0.350. The molecule has 2 fully saturated rings. The van der Waals surface area contributed by atoms with Crippen molar-refractivity contribution >= 4 is 0 Å². The van der Waals surface area contributed by atoms with E-state index in [-0.39, 0.29) is 0 Å². The van der Waals surface area contributed by atoms with Crippen LogP contribution >= 0.6 is 0 Å². The Morgan fingerprint density at radius 2 is 1.74 bits per heavy atom. The number of hydrogen-bond acceptors (Lipinski definition) is 2. The molecule has 2 saturated carbocycles. The second kappa shape index (κ2) is 5.73. The zero-order valence-electron chi connectivity index (χ0n) is 13.6. The van der Waals surface area contributed by atoms with Gasteiger partial charge in [-0.3, -0.25) is 0 Å². The van der Waals surface area contributed by atoms with Crippen molar-refractivity contribution in [3.05, 3.63) is 0 Å². The van der Waals surface area contributed by atoms with Crippen LogP contribution in [0.25, 0.3) is 0 Å². The first-order valence-electron chi connectivity index (χ1n) is 8.30. The number of hydrogen-bond donors (Lipinski definition) is 1. The largest absolute Gasteiger partial charge is 0.374 e. The van der Waals surface area contributed by atoms with Crippen molar-refractivity contribution in [2.75, 3.05) is 6.54 Å². The molecule has 2 nitrogen and oxygen atoms in total. The van der Waals surface area contributed by atoms with Crippen molar-refractivity contribution in [1.82, 2.24) is 5.32 Å². The normalized spacial score (nSPS) is 39.0. The Labute approximate surface area is 119 Å². The molecule has 3 unspecified atom stereocenters. The lowest BCUT2D eigenvalue weighted by Gasteiger charge is -2.55. The minimum atomic E-state index is 0.350. The molecule has 0 heterocycles. The van der Waals surface area contributed by atoms with Gasteiger partial charge in [0.2, 0.25) is 0 Å². The van der Waals surface area contributed by atoms with E-state index in [1.54, 1.807) is 0 Å². The molecule has 2 aliphatic rings. The van der Waals surface area contributed by atoms with Crippen molar-refractivity contribution in [1.29, 1.82) is 0 Å². The smallest absolute Gasteiger partial charge is 0.0662 e. The first kappa shape index (κ1) is 15.3. The molecule has 2 heteroatoms. The summed E-state index contributed by atoms with van der Waals surface area (Å²) in [5.41, 5.74) is 0.892. The Hall–Kier alpha value is -0.0800. The van der Waals surface area contributed by atoms with Crippen LogP contribution in [-0.2, 0) is 4.74 Å². The van der Waals surface area contributed by atoms with Gasteiger partial charge in [0.15, 0.2) is 0 Å². The molecule has 1 N–H and O–H groups in total. The molecule has 0 saturated heterocycles. The van der Waals surface area contributed by atoms with E-state index in [0.29, 0.717) is 29.1 Å². The van der Waals surface area contributed by atoms with E-state index in [2.05, 4.69) is 39.9 Å². The van der Waals surface area contributed by atoms with Crippen LogP contribution in [0.4, 0.5) is 0 Å². The van der Waals surface area contributed by atoms with Gasteiger partial charge in [-0.1, -0.05) is 34.6 Å². The maximum absolute atomic E-state index is 6.46. The van der Waals surface area contributed by atoms with Crippen LogP contribution in [0.5, 0.6) is 0 Å². The highest BCUT2D eigenvalue weighted by Gasteiger charge is 2.51. The Morgan fingerprint density at radius 1 is 1.11 bits per heavy atom. The molecule has 0 radical (unpaired) electrons. The second-order valence-corrected chi connectivity index (χ2v) is 7.69. The Morgan fingerprint density at radius 3 is 2.26 bits per heavy atom. The van der Waals surface area contributed by atoms with Gasteiger partial charge in [0.25, 0.3) is 0 Å². The zero-order valence-corrected chi connectivity index (χ0v) is 13.6. The lowest BCUT2D eigenvalue weighted by Crippen LogP contribution is -2.62. The predicted molar refractivity (Wildman–Crippen MR) is 81.4 cm³/mol. The standard InChI is InChI=1S/C17H33NO/c1-6-17(5)14(18-7-2)12-15(17)19-13-8-10-16(3,4)11-9-13/h13-15,18H,6-12H2,1-5H3. The lowest BCUT2D eigenvalue weighted by molar-refractivity contribution is -0.166. The maximum atomic E-state index is 6.46. The molecule has 0 aliphatic heterocycles. The van der Waals surface area contributed by atoms with E-state index >= 15 is 0 Å². The third kappa shape index (κ3) is 3.16. The van der Waals surface area contributed by atoms with Crippen LogP contribution < -0.4 is 5.32 Å². The molecule has 3 atom stereocenters. The molecular weight excluding hydrogens is 234 g/mol. The summed E-state index contributed by atoms with van der Waals surface area (Å²) in [6.45, 7) is 12.8. The number of ether oxygens (including phenoxy) is 1. The quantitative estimate of drug-likeness (QED) is 0.808. The first-order valence-corrected chi connectivity index (χ1v) is 8.30. The number of rotatable bonds is 5. The minimum Gasteiger partial charge on any atom is -0.374 e. The summed E-state index contributed by atoms with van der Waals surface area (Å²) in [5.74, 6) is 0. The first-order chi connectivity index (χ1) is 8.91. The summed E-state index contributed by atoms with van der Waals surface area (Å²) >= 11 is 0. The van der Waals surface area contributed by atoms with E-state index in [4.69, 9.17) is 4.74 Å². The monoisotopic (exact) mass is 267 g/mol. The molecule has 2 aliphatic carbocycles. The summed E-state index contributed by atoms with van der Waals surface area (Å²) in [7, 11) is 0. The Kier molecular flexibility index (Phi) is 4.62. The highest BCUT2D eigenvalue weighted by atomic mass is 16.5. The lowest BCUT2D eigenvalue weighted by atomic mass is 9.61. The summed E-state index contributed by atoms with van der Waals surface area (Å²) in [5, 5.41) is 3.62. The summed E-state index contributed by atoms with van der Waals surface area (Å²) in [6, 6.07) is 0.660. The third-order valence-corrected chi connectivity index (χ3v) is 5.84. The average molecular weight is 267 g/mol. The van der Waals surface area contributed by atoms with Crippen LogP contribution in [0.1, 0.15) is 73.1 Å². The fraction of sp³-hybridized carbons (Fsp3) is 1.00. The van der Waals surface area contributed by atoms with E-state index in [0.717, 1.165) is 6.54 Å². The topological polar surface area (TPSA) is 21.3 Å². The molecule has 2 rings (SSSR count). The molecule has 0 aromatic carbocycles. The molecule has 0 aromatic rings.